The quantitative estimate of drug-likeness (QED) is 0.282. The molecule has 0 saturated heterocycles. The molecule has 3 aromatic rings. The first kappa shape index (κ1) is 18.6. The Balaban J connectivity index is 1.41. The van der Waals surface area contributed by atoms with E-state index in [9.17, 15) is 4.79 Å². The SMILES string of the molecule is O=C(CSc1ncccn1)N/N=C\c1ccc(OCc2ccccc2)cc1. The summed E-state index contributed by atoms with van der Waals surface area (Å²) in [4.78, 5) is 19.8. The number of hydrazone groups is 1. The van der Waals surface area contributed by atoms with Gasteiger partial charge in [-0.3, -0.25) is 4.79 Å². The van der Waals surface area contributed by atoms with Crippen LogP contribution in [0.25, 0.3) is 0 Å². The standard InChI is InChI=1S/C20H18N4O2S/c25-19(15-27-20-21-11-4-12-22-20)24-23-13-16-7-9-18(10-8-16)26-14-17-5-2-1-3-6-17/h1-13H,14-15H2,(H,24,25)/b23-13-. The van der Waals surface area contributed by atoms with E-state index in [0.29, 0.717) is 11.8 Å². The Labute approximate surface area is 161 Å². The van der Waals surface area contributed by atoms with E-state index < -0.39 is 0 Å². The van der Waals surface area contributed by atoms with Crippen LogP contribution in [0.15, 0.2) is 83.3 Å². The maximum Gasteiger partial charge on any atom is 0.250 e. The maximum absolute atomic E-state index is 11.8. The minimum Gasteiger partial charge on any atom is -0.489 e. The van der Waals surface area contributed by atoms with Gasteiger partial charge in [0.15, 0.2) is 5.16 Å². The molecule has 2 aromatic carbocycles. The predicted molar refractivity (Wildman–Crippen MR) is 106 cm³/mol. The van der Waals surface area contributed by atoms with Crippen molar-refractivity contribution in [2.24, 2.45) is 5.10 Å². The van der Waals surface area contributed by atoms with Crippen molar-refractivity contribution in [3.8, 4) is 5.75 Å². The van der Waals surface area contributed by atoms with Crippen LogP contribution in [0.3, 0.4) is 0 Å². The molecular formula is C20H18N4O2S. The molecule has 0 radical (unpaired) electrons. The fourth-order valence-electron chi connectivity index (χ4n) is 2.09. The van der Waals surface area contributed by atoms with Gasteiger partial charge in [0.05, 0.1) is 12.0 Å². The number of rotatable bonds is 8. The van der Waals surface area contributed by atoms with Gasteiger partial charge in [-0.05, 0) is 41.5 Å². The molecule has 0 unspecified atom stereocenters. The van der Waals surface area contributed by atoms with E-state index in [1.165, 1.54) is 11.8 Å². The van der Waals surface area contributed by atoms with E-state index in [2.05, 4.69) is 20.5 Å². The first-order valence-corrected chi connectivity index (χ1v) is 9.27. The normalized spacial score (nSPS) is 10.7. The van der Waals surface area contributed by atoms with Gasteiger partial charge in [0.25, 0.3) is 5.91 Å². The molecule has 3 rings (SSSR count). The highest BCUT2D eigenvalue weighted by Gasteiger charge is 2.02. The van der Waals surface area contributed by atoms with Crippen molar-refractivity contribution >= 4 is 23.9 Å². The zero-order chi connectivity index (χ0) is 18.7. The van der Waals surface area contributed by atoms with Crippen LogP contribution in [0.2, 0.25) is 0 Å². The molecule has 0 fully saturated rings. The zero-order valence-electron chi connectivity index (χ0n) is 14.5. The van der Waals surface area contributed by atoms with Crippen LogP contribution in [0.5, 0.6) is 5.75 Å². The molecule has 1 aromatic heterocycles. The Morgan fingerprint density at radius 2 is 1.78 bits per heavy atom. The van der Waals surface area contributed by atoms with E-state index in [4.69, 9.17) is 4.74 Å². The zero-order valence-corrected chi connectivity index (χ0v) is 15.3. The number of thioether (sulfide) groups is 1. The van der Waals surface area contributed by atoms with Crippen molar-refractivity contribution in [1.82, 2.24) is 15.4 Å². The Hall–Kier alpha value is -3.19. The predicted octanol–water partition coefficient (Wildman–Crippen LogP) is 3.30. The lowest BCUT2D eigenvalue weighted by Gasteiger charge is -2.06. The second kappa shape index (κ2) is 10.1. The van der Waals surface area contributed by atoms with Gasteiger partial charge in [0, 0.05) is 12.4 Å². The van der Waals surface area contributed by atoms with Gasteiger partial charge in [-0.2, -0.15) is 5.10 Å². The smallest absolute Gasteiger partial charge is 0.250 e. The van der Waals surface area contributed by atoms with Crippen molar-refractivity contribution in [3.05, 3.63) is 84.2 Å². The Morgan fingerprint density at radius 3 is 2.52 bits per heavy atom. The lowest BCUT2D eigenvalue weighted by atomic mass is 10.2. The van der Waals surface area contributed by atoms with Crippen molar-refractivity contribution in [2.45, 2.75) is 11.8 Å². The fourth-order valence-corrected chi connectivity index (χ4v) is 2.69. The Kier molecular flexibility index (Phi) is 6.94. The van der Waals surface area contributed by atoms with E-state index in [1.807, 2.05) is 54.6 Å². The fraction of sp³-hybridized carbons (Fsp3) is 0.100. The highest BCUT2D eigenvalue weighted by molar-refractivity contribution is 7.99. The number of hydrogen-bond acceptors (Lipinski definition) is 6. The summed E-state index contributed by atoms with van der Waals surface area (Å²) in [6.45, 7) is 0.521. The van der Waals surface area contributed by atoms with Crippen LogP contribution in [-0.2, 0) is 11.4 Å². The van der Waals surface area contributed by atoms with E-state index in [-0.39, 0.29) is 11.7 Å². The van der Waals surface area contributed by atoms with Gasteiger partial charge >= 0.3 is 0 Å². The van der Waals surface area contributed by atoms with Crippen molar-refractivity contribution < 1.29 is 9.53 Å². The lowest BCUT2D eigenvalue weighted by molar-refractivity contribution is -0.118. The summed E-state index contributed by atoms with van der Waals surface area (Å²) in [7, 11) is 0. The van der Waals surface area contributed by atoms with Crippen LogP contribution in [-0.4, -0.2) is 27.8 Å². The average molecular weight is 378 g/mol. The van der Waals surface area contributed by atoms with Crippen LogP contribution in [0.1, 0.15) is 11.1 Å². The second-order valence-corrected chi connectivity index (χ2v) is 6.40. The van der Waals surface area contributed by atoms with Crippen LogP contribution < -0.4 is 10.2 Å². The topological polar surface area (TPSA) is 76.5 Å². The number of nitrogens with one attached hydrogen (secondary N) is 1. The summed E-state index contributed by atoms with van der Waals surface area (Å²) >= 11 is 1.26. The van der Waals surface area contributed by atoms with Gasteiger partial charge in [-0.25, -0.2) is 15.4 Å². The second-order valence-electron chi connectivity index (χ2n) is 5.46. The van der Waals surface area contributed by atoms with Crippen LogP contribution >= 0.6 is 11.8 Å². The third kappa shape index (κ3) is 6.56. The summed E-state index contributed by atoms with van der Waals surface area (Å²) < 4.78 is 5.73. The summed E-state index contributed by atoms with van der Waals surface area (Å²) in [5.74, 6) is 0.763. The third-order valence-corrected chi connectivity index (χ3v) is 4.28. The molecule has 0 aliphatic heterocycles. The van der Waals surface area contributed by atoms with E-state index >= 15 is 0 Å². The first-order chi connectivity index (χ1) is 13.3. The number of nitrogens with zero attached hydrogens (tertiary/aromatic N) is 3. The molecule has 6 nitrogen and oxygen atoms in total. The van der Waals surface area contributed by atoms with Gasteiger partial charge in [-0.1, -0.05) is 42.1 Å². The minimum absolute atomic E-state index is 0.202. The van der Waals surface area contributed by atoms with Crippen molar-refractivity contribution in [3.63, 3.8) is 0 Å². The number of amides is 1. The van der Waals surface area contributed by atoms with Crippen LogP contribution in [0.4, 0.5) is 0 Å². The highest BCUT2D eigenvalue weighted by Crippen LogP contribution is 2.13. The molecule has 136 valence electrons. The Morgan fingerprint density at radius 1 is 1.04 bits per heavy atom. The summed E-state index contributed by atoms with van der Waals surface area (Å²) in [5.41, 5.74) is 4.46. The van der Waals surface area contributed by atoms with Gasteiger partial charge in [-0.15, -0.1) is 0 Å². The third-order valence-electron chi connectivity index (χ3n) is 3.41. The Bertz CT molecular complexity index is 872. The molecule has 1 amide bonds. The molecule has 0 aliphatic carbocycles. The number of hydrogen-bond donors (Lipinski definition) is 1. The molecule has 0 bridgehead atoms. The molecule has 27 heavy (non-hydrogen) atoms. The first-order valence-electron chi connectivity index (χ1n) is 8.28. The molecule has 0 atom stereocenters. The number of carbonyl (C=O) groups is 1. The summed E-state index contributed by atoms with van der Waals surface area (Å²) in [6.07, 6.45) is 4.86. The molecule has 0 aliphatic rings. The number of ether oxygens (including phenoxy) is 1. The average Bonchev–Trinajstić information content (AvgIpc) is 2.73. The number of aromatic nitrogens is 2. The largest absolute Gasteiger partial charge is 0.489 e. The van der Waals surface area contributed by atoms with Crippen LogP contribution in [0, 0.1) is 0 Å². The van der Waals surface area contributed by atoms with Gasteiger partial charge in [0.1, 0.15) is 12.4 Å². The van der Waals surface area contributed by atoms with Crippen molar-refractivity contribution in [2.75, 3.05) is 5.75 Å². The maximum atomic E-state index is 11.8. The summed E-state index contributed by atoms with van der Waals surface area (Å²) in [5, 5.41) is 4.52. The van der Waals surface area contributed by atoms with Crippen molar-refractivity contribution in [1.29, 1.82) is 0 Å². The number of benzene rings is 2. The number of carbonyl (C=O) groups excluding carboxylic acids is 1. The molecule has 0 saturated carbocycles. The lowest BCUT2D eigenvalue weighted by Crippen LogP contribution is -2.19. The minimum atomic E-state index is -0.216. The molecule has 1 N–H and O–H groups in total. The molecule has 1 heterocycles. The van der Waals surface area contributed by atoms with E-state index in [1.54, 1.807) is 24.7 Å². The van der Waals surface area contributed by atoms with Gasteiger partial charge < -0.3 is 4.74 Å². The highest BCUT2D eigenvalue weighted by atomic mass is 32.2. The molecule has 0 spiro atoms. The molecule has 7 heteroatoms. The summed E-state index contributed by atoms with van der Waals surface area (Å²) in [6, 6.07) is 19.2. The van der Waals surface area contributed by atoms with Gasteiger partial charge in [0.2, 0.25) is 0 Å². The van der Waals surface area contributed by atoms with E-state index in [0.717, 1.165) is 16.9 Å². The molecular weight excluding hydrogens is 360 g/mol. The monoisotopic (exact) mass is 378 g/mol.